The summed E-state index contributed by atoms with van der Waals surface area (Å²) in [6.45, 7) is 0.452. The van der Waals surface area contributed by atoms with E-state index in [1.54, 1.807) is 0 Å². The number of aliphatic hydroxyl groups excluding tert-OH is 5. The van der Waals surface area contributed by atoms with Gasteiger partial charge in [-0.05, 0) is 32.4 Å². The molecule has 2 aliphatic heterocycles. The van der Waals surface area contributed by atoms with Gasteiger partial charge < -0.3 is 78.0 Å². The van der Waals surface area contributed by atoms with Crippen LogP contribution in [0.1, 0.15) is 19.3 Å². The molecule has 222 valence electrons. The number of ether oxygens (including phenoxy) is 4. The van der Waals surface area contributed by atoms with E-state index in [1.807, 2.05) is 0 Å². The highest BCUT2D eigenvalue weighted by Crippen LogP contribution is 2.31. The summed E-state index contributed by atoms with van der Waals surface area (Å²) in [5.74, 6) is 0. The van der Waals surface area contributed by atoms with Crippen LogP contribution in [0.3, 0.4) is 0 Å². The zero-order valence-electron chi connectivity index (χ0n) is 21.2. The van der Waals surface area contributed by atoms with Crippen LogP contribution in [0.5, 0.6) is 0 Å². The fourth-order valence-electron chi connectivity index (χ4n) is 5.17. The summed E-state index contributed by atoms with van der Waals surface area (Å²) >= 11 is 0. The quantitative estimate of drug-likeness (QED) is 0.0792. The van der Waals surface area contributed by atoms with Gasteiger partial charge in [-0.1, -0.05) is 0 Å². The van der Waals surface area contributed by atoms with E-state index in [9.17, 15) is 30.3 Å². The SMILES string of the molecule is NCCCN[C@@H]1C[C@H](O)[C@@H](CN)O[C@@H]1OC1[C@@H](N)C[C@@H](NC=O)[C@H](O[C@H]2O[C@H](CO)[C@@H](O)[C@H](N)[C@H]2O)[C@H]1O. The van der Waals surface area contributed by atoms with Crippen molar-refractivity contribution in [1.29, 1.82) is 0 Å². The van der Waals surface area contributed by atoms with Gasteiger partial charge in [0.25, 0.3) is 0 Å². The molecular weight excluding hydrogens is 508 g/mol. The zero-order chi connectivity index (χ0) is 28.0. The minimum absolute atomic E-state index is 0.0436. The van der Waals surface area contributed by atoms with E-state index < -0.39 is 92.2 Å². The van der Waals surface area contributed by atoms with E-state index in [0.717, 1.165) is 0 Å². The minimum Gasteiger partial charge on any atom is -0.394 e. The largest absolute Gasteiger partial charge is 0.394 e. The Bertz CT molecular complexity index is 728. The highest BCUT2D eigenvalue weighted by atomic mass is 16.7. The molecule has 0 aromatic carbocycles. The average Bonchev–Trinajstić information content (AvgIpc) is 2.89. The van der Waals surface area contributed by atoms with Crippen molar-refractivity contribution in [3.8, 4) is 0 Å². The van der Waals surface area contributed by atoms with Crippen LogP contribution in [0.4, 0.5) is 0 Å². The van der Waals surface area contributed by atoms with Gasteiger partial charge in [0, 0.05) is 12.6 Å². The topological polar surface area (TPSA) is 283 Å². The average molecular weight is 553 g/mol. The summed E-state index contributed by atoms with van der Waals surface area (Å²) in [6, 6.07) is -3.23. The Kier molecular flexibility index (Phi) is 12.0. The highest BCUT2D eigenvalue weighted by Gasteiger charge is 2.51. The molecular formula is C22H44N6O10. The predicted molar refractivity (Wildman–Crippen MR) is 131 cm³/mol. The molecule has 0 aromatic heterocycles. The van der Waals surface area contributed by atoms with Crippen molar-refractivity contribution in [2.75, 3.05) is 26.2 Å². The van der Waals surface area contributed by atoms with Gasteiger partial charge >= 0.3 is 0 Å². The van der Waals surface area contributed by atoms with Crippen molar-refractivity contribution < 1.29 is 49.3 Å². The Morgan fingerprint density at radius 3 is 2.21 bits per heavy atom. The first-order valence-corrected chi connectivity index (χ1v) is 13.0. The lowest BCUT2D eigenvalue weighted by Crippen LogP contribution is -2.68. The number of nitrogens with two attached hydrogens (primary N) is 4. The Morgan fingerprint density at radius 2 is 1.58 bits per heavy atom. The van der Waals surface area contributed by atoms with Gasteiger partial charge in [-0.25, -0.2) is 0 Å². The molecule has 3 fully saturated rings. The molecule has 16 heteroatoms. The van der Waals surface area contributed by atoms with Crippen LogP contribution in [-0.2, 0) is 23.7 Å². The third kappa shape index (κ3) is 7.15. The Balaban J connectivity index is 1.78. The summed E-state index contributed by atoms with van der Waals surface area (Å²) in [5, 5.41) is 57.7. The van der Waals surface area contributed by atoms with Crippen LogP contribution < -0.4 is 33.6 Å². The number of hydrogen-bond donors (Lipinski definition) is 11. The second-order valence-corrected chi connectivity index (χ2v) is 10.1. The van der Waals surface area contributed by atoms with Gasteiger partial charge in [-0.2, -0.15) is 0 Å². The molecule has 16 nitrogen and oxygen atoms in total. The summed E-state index contributed by atoms with van der Waals surface area (Å²) in [4.78, 5) is 11.3. The molecule has 0 radical (unpaired) electrons. The molecule has 38 heavy (non-hydrogen) atoms. The van der Waals surface area contributed by atoms with Crippen LogP contribution in [0, 0.1) is 0 Å². The molecule has 0 bridgehead atoms. The van der Waals surface area contributed by atoms with Gasteiger partial charge in [-0.15, -0.1) is 0 Å². The minimum atomic E-state index is -1.50. The zero-order valence-corrected chi connectivity index (χ0v) is 21.2. The lowest BCUT2D eigenvalue weighted by atomic mass is 9.83. The molecule has 1 saturated carbocycles. The molecule has 2 heterocycles. The normalized spacial score (nSPS) is 46.0. The number of carbonyl (C=O) groups excluding carboxylic acids is 1. The van der Waals surface area contributed by atoms with E-state index >= 15 is 0 Å². The first-order valence-electron chi connectivity index (χ1n) is 13.0. The van der Waals surface area contributed by atoms with Gasteiger partial charge in [0.2, 0.25) is 6.41 Å². The molecule has 0 spiro atoms. The van der Waals surface area contributed by atoms with Gasteiger partial charge in [0.05, 0.1) is 36.9 Å². The lowest BCUT2D eigenvalue weighted by Gasteiger charge is -2.48. The van der Waals surface area contributed by atoms with E-state index in [0.29, 0.717) is 25.9 Å². The molecule has 14 atom stereocenters. The second kappa shape index (κ2) is 14.5. The summed E-state index contributed by atoms with van der Waals surface area (Å²) in [6.07, 6.45) is -10.1. The second-order valence-electron chi connectivity index (χ2n) is 10.1. The van der Waals surface area contributed by atoms with Crippen molar-refractivity contribution in [1.82, 2.24) is 10.6 Å². The van der Waals surface area contributed by atoms with E-state index in [2.05, 4.69) is 10.6 Å². The summed E-state index contributed by atoms with van der Waals surface area (Å²) in [7, 11) is 0. The van der Waals surface area contributed by atoms with Crippen LogP contribution in [0.25, 0.3) is 0 Å². The fraction of sp³-hybridized carbons (Fsp3) is 0.955. The third-order valence-corrected chi connectivity index (χ3v) is 7.40. The molecule has 1 unspecified atom stereocenters. The number of amides is 1. The number of hydrogen-bond acceptors (Lipinski definition) is 15. The Morgan fingerprint density at radius 1 is 0.895 bits per heavy atom. The summed E-state index contributed by atoms with van der Waals surface area (Å²) < 4.78 is 23.5. The van der Waals surface area contributed by atoms with Crippen LogP contribution in [0.2, 0.25) is 0 Å². The first-order chi connectivity index (χ1) is 18.2. The third-order valence-electron chi connectivity index (χ3n) is 7.40. The maximum absolute atomic E-state index is 11.3. The first kappa shape index (κ1) is 31.4. The van der Waals surface area contributed by atoms with Gasteiger partial charge in [0.15, 0.2) is 12.6 Å². The molecule has 1 aliphatic carbocycles. The van der Waals surface area contributed by atoms with Gasteiger partial charge in [0.1, 0.15) is 36.6 Å². The maximum atomic E-state index is 11.3. The smallest absolute Gasteiger partial charge is 0.207 e. The lowest BCUT2D eigenvalue weighted by molar-refractivity contribution is -0.316. The van der Waals surface area contributed by atoms with Crippen molar-refractivity contribution in [3.63, 3.8) is 0 Å². The molecule has 0 aromatic rings. The molecule has 1 amide bonds. The molecule has 3 rings (SSSR count). The Hall–Kier alpha value is -1.09. The van der Waals surface area contributed by atoms with Gasteiger partial charge in [-0.3, -0.25) is 4.79 Å². The van der Waals surface area contributed by atoms with E-state index in [1.165, 1.54) is 0 Å². The van der Waals surface area contributed by atoms with Crippen molar-refractivity contribution in [3.05, 3.63) is 0 Å². The number of aliphatic hydroxyl groups is 5. The van der Waals surface area contributed by atoms with Crippen LogP contribution in [0.15, 0.2) is 0 Å². The number of carbonyl (C=O) groups is 1. The van der Waals surface area contributed by atoms with Crippen molar-refractivity contribution in [2.45, 2.75) is 105 Å². The summed E-state index contributed by atoms with van der Waals surface area (Å²) in [5.41, 5.74) is 23.6. The molecule has 2 saturated heterocycles. The number of rotatable bonds is 12. The standard InChI is InChI=1S/C22H44N6O10/c23-2-1-3-27-11-5-12(31)13(6-24)35-21(11)37-19-9(25)4-10(28-8-30)20(18(19)34)38-22-17(33)15(26)16(32)14(7-29)36-22/h8-22,27,29,31-34H,1-7,23-26H2,(H,28,30)/t9-,10+,11+,12-,13+,14+,15-,16+,17+,18-,19?,20-,21+,22+/m0/s1. The highest BCUT2D eigenvalue weighted by molar-refractivity contribution is 5.47. The van der Waals surface area contributed by atoms with Crippen molar-refractivity contribution in [2.24, 2.45) is 22.9 Å². The van der Waals surface area contributed by atoms with Crippen molar-refractivity contribution >= 4 is 6.41 Å². The monoisotopic (exact) mass is 552 g/mol. The maximum Gasteiger partial charge on any atom is 0.207 e. The Labute approximate surface area is 220 Å². The molecule has 15 N–H and O–H groups in total. The number of nitrogens with one attached hydrogen (secondary N) is 2. The molecule has 3 aliphatic rings. The van der Waals surface area contributed by atoms with E-state index in [4.69, 9.17) is 41.9 Å². The predicted octanol–water partition coefficient (Wildman–Crippen LogP) is -6.53. The van der Waals surface area contributed by atoms with Crippen LogP contribution >= 0.6 is 0 Å². The van der Waals surface area contributed by atoms with E-state index in [-0.39, 0.29) is 19.4 Å². The fourth-order valence-corrected chi connectivity index (χ4v) is 5.17. The van der Waals surface area contributed by atoms with Crippen LogP contribution in [-0.4, -0.2) is 144 Å².